The van der Waals surface area contributed by atoms with Gasteiger partial charge in [0.2, 0.25) is 0 Å². The predicted molar refractivity (Wildman–Crippen MR) is 457 cm³/mol. The Morgan fingerprint density at radius 3 is 1.04 bits per heavy atom. The number of rotatable bonds is 14. The number of benzene rings is 6. The Morgan fingerprint density at radius 1 is 0.425 bits per heavy atom. The minimum Gasteiger partial charge on any atom is -0.388 e. The zero-order chi connectivity index (χ0) is 81.9. The summed E-state index contributed by atoms with van der Waals surface area (Å²) in [6, 6.07) is 24.2. The van der Waals surface area contributed by atoms with E-state index in [9.17, 15) is 30.6 Å². The number of nitrogens with zero attached hydrogens (tertiary/aromatic N) is 9. The number of halogens is 6. The fraction of sp³-hybridized carbons (Fsp3) is 0.500. The number of aromatic amines is 6. The second kappa shape index (κ2) is 35.5. The van der Waals surface area contributed by atoms with Crippen LogP contribution in [-0.2, 0) is 5.60 Å². The molecule has 113 heavy (non-hydrogen) atoms. The molecule has 27 heteroatoms. The highest BCUT2D eigenvalue weighted by Gasteiger charge is 2.50. The molecule has 4 fully saturated rings. The molecule has 16 rings (SSSR count). The van der Waals surface area contributed by atoms with Gasteiger partial charge in [-0.15, -0.1) is 0 Å². The van der Waals surface area contributed by atoms with Gasteiger partial charge in [0.15, 0.2) is 0 Å². The Hall–Kier alpha value is -6.95. The van der Waals surface area contributed by atoms with Crippen LogP contribution in [0.5, 0.6) is 0 Å². The first-order valence-electron chi connectivity index (χ1n) is 39.0. The first-order valence-corrected chi connectivity index (χ1v) is 41.3. The molecule has 2 saturated carbocycles. The number of fused-ring (bicyclic) bond motifs is 6. The molecule has 0 bridgehead atoms. The summed E-state index contributed by atoms with van der Waals surface area (Å²) in [7, 11) is 0. The Morgan fingerprint density at radius 2 is 0.726 bits per heavy atom. The highest BCUT2D eigenvalue weighted by atomic mass is 35.5. The topological polar surface area (TPSA) is 324 Å². The number of likely N-dealkylation sites (tertiary alicyclic amines) is 2. The molecule has 4 aliphatic rings. The van der Waals surface area contributed by atoms with Crippen LogP contribution in [0.4, 0.5) is 0 Å². The summed E-state index contributed by atoms with van der Waals surface area (Å²) in [6.45, 7) is 31.2. The summed E-state index contributed by atoms with van der Waals surface area (Å²) in [5, 5.41) is 124. The summed E-state index contributed by atoms with van der Waals surface area (Å²) in [5.41, 5.74) is 8.27. The molecule has 2 saturated heterocycles. The lowest BCUT2D eigenvalue weighted by atomic mass is 9.58. The normalized spacial score (nSPS) is 19.0. The van der Waals surface area contributed by atoms with Gasteiger partial charge >= 0.3 is 0 Å². The van der Waals surface area contributed by atoms with Crippen molar-refractivity contribution in [1.82, 2.24) is 71.0 Å². The molecule has 12 N–H and O–H groups in total. The molecule has 6 aromatic heterocycles. The number of aliphatic hydroxyl groups excluding tert-OH is 5. The predicted octanol–water partition coefficient (Wildman–Crippen LogP) is 21.2. The van der Waals surface area contributed by atoms with Crippen LogP contribution in [0, 0.1) is 38.9 Å². The van der Waals surface area contributed by atoms with E-state index in [0.29, 0.717) is 48.9 Å². The molecule has 606 valence electrons. The van der Waals surface area contributed by atoms with Gasteiger partial charge in [-0.2, -0.15) is 35.9 Å². The smallest absolute Gasteiger partial charge is 0.0989 e. The van der Waals surface area contributed by atoms with E-state index in [2.05, 4.69) is 132 Å². The Balaban J connectivity index is 0.000000134. The number of hydrogen-bond acceptors (Lipinski definition) is 15. The van der Waals surface area contributed by atoms with Crippen LogP contribution in [-0.4, -0.2) is 139 Å². The largest absolute Gasteiger partial charge is 0.388 e. The summed E-state index contributed by atoms with van der Waals surface area (Å²) >= 11 is 36.7. The fourth-order valence-electron chi connectivity index (χ4n) is 16.1. The number of hydrogen-bond donors (Lipinski definition) is 12. The van der Waals surface area contributed by atoms with Crippen LogP contribution in [0.3, 0.4) is 0 Å². The van der Waals surface area contributed by atoms with Crippen molar-refractivity contribution in [2.45, 2.75) is 221 Å². The van der Waals surface area contributed by atoms with Gasteiger partial charge in [-0.25, -0.2) is 0 Å². The summed E-state index contributed by atoms with van der Waals surface area (Å²) < 4.78 is 0. The molecule has 5 atom stereocenters. The van der Waals surface area contributed by atoms with Crippen molar-refractivity contribution in [2.24, 2.45) is 27.6 Å². The molecule has 12 aromatic rings. The van der Waals surface area contributed by atoms with E-state index in [4.69, 9.17) is 74.9 Å². The summed E-state index contributed by atoms with van der Waals surface area (Å²) in [4.78, 5) is 4.76. The molecule has 6 aromatic carbocycles. The van der Waals surface area contributed by atoms with Crippen LogP contribution in [0.1, 0.15) is 237 Å². The van der Waals surface area contributed by atoms with E-state index in [0.717, 1.165) is 151 Å². The van der Waals surface area contributed by atoms with Gasteiger partial charge < -0.3 is 30.6 Å². The molecule has 2 aliphatic heterocycles. The van der Waals surface area contributed by atoms with Gasteiger partial charge in [0.25, 0.3) is 0 Å². The zero-order valence-corrected chi connectivity index (χ0v) is 71.4. The minimum absolute atomic E-state index is 0.0112. The molecular formula is C86H109Cl6N15O6. The van der Waals surface area contributed by atoms with Crippen molar-refractivity contribution < 1.29 is 30.6 Å². The van der Waals surface area contributed by atoms with Crippen molar-refractivity contribution in [2.75, 3.05) is 26.2 Å². The number of nitrogens with one attached hydrogen (secondary N) is 6. The second-order valence-corrected chi connectivity index (χ2v) is 38.0. The molecule has 2 aliphatic carbocycles. The number of H-pyrrole nitrogens is 6. The second-order valence-electron chi connectivity index (χ2n) is 35.4. The summed E-state index contributed by atoms with van der Waals surface area (Å²) in [5.74, 6) is 0.537. The third-order valence-corrected chi connectivity index (χ3v) is 25.2. The molecule has 0 radical (unpaired) electrons. The van der Waals surface area contributed by atoms with Gasteiger partial charge in [-0.3, -0.25) is 40.4 Å². The van der Waals surface area contributed by atoms with Gasteiger partial charge in [0, 0.05) is 113 Å². The highest BCUT2D eigenvalue weighted by molar-refractivity contribution is 6.33. The Kier molecular flexibility index (Phi) is 27.3. The Bertz CT molecular complexity index is 5140. The van der Waals surface area contributed by atoms with Crippen LogP contribution >= 0.6 is 69.6 Å². The molecule has 21 nitrogen and oxygen atoms in total. The van der Waals surface area contributed by atoms with E-state index in [1.807, 2.05) is 89.2 Å². The number of piperidine rings is 2. The fourth-order valence-corrected chi connectivity index (χ4v) is 17.5. The van der Waals surface area contributed by atoms with Gasteiger partial charge in [-0.05, 0) is 212 Å². The third kappa shape index (κ3) is 19.7. The minimum atomic E-state index is -0.770. The van der Waals surface area contributed by atoms with Crippen LogP contribution in [0.25, 0.3) is 65.4 Å². The van der Waals surface area contributed by atoms with E-state index < -0.39 is 41.5 Å². The standard InChI is InChI=1S/2C16H22ClN3O.C15H19ClN2O.C14H16ClN3O.C13H15ClN2O.C12H15ClN2O/c2*1-16(2,20-6-4-3-5-7-20)15(21)13-9-12(17)8-11-10-18-19-14(11)13;1-14(2,3)10-6-15(19,7-10)12-5-11(16)4-9-8-17-18-13(9)12;1-14(2,4-3-5-16)13(19)11-7-10(15)6-9-8-17-18-12(9)11;1-13(3-2-4-13)12(17)10-6-9(14)5-8-7-15-16-11(8)10;1-12(2,3)11(16)9-5-8(13)4-7-6-14-15-10(7)9/h2*8-10,15,21H,3-7H2,1-2H3,(H,18,19);4-5,8,10,19H,6-7H2,1-3H3,(H,17,18);6-8,13,19H,3-4H2,1-2H3,(H,17,18);5-7,12,17H,2-4H2,1H3,(H,15,16);4-6,11,16H,1-3H3,(H,14,15). The van der Waals surface area contributed by atoms with Crippen molar-refractivity contribution in [1.29, 1.82) is 5.26 Å². The molecule has 0 amide bonds. The maximum atomic E-state index is 11.0. The summed E-state index contributed by atoms with van der Waals surface area (Å²) in [6.07, 6.45) is 20.7. The average molecular weight is 1660 g/mol. The number of aliphatic hydroxyl groups is 6. The lowest BCUT2D eigenvalue weighted by Crippen LogP contribution is -2.50. The van der Waals surface area contributed by atoms with Gasteiger partial charge in [0.05, 0.1) is 112 Å². The Labute approximate surface area is 691 Å². The van der Waals surface area contributed by atoms with Gasteiger partial charge in [0.1, 0.15) is 0 Å². The quantitative estimate of drug-likeness (QED) is 0.0481. The van der Waals surface area contributed by atoms with Crippen LogP contribution in [0.2, 0.25) is 30.1 Å². The van der Waals surface area contributed by atoms with Crippen LogP contribution < -0.4 is 0 Å². The maximum Gasteiger partial charge on any atom is 0.0989 e. The molecule has 0 spiro atoms. The SMILES string of the molecule is CC(C)(C(O)c1cc(Cl)cc2cn[nH]c12)N1CCCCC1.CC(C)(C(O)c1cc(Cl)cc2cn[nH]c12)N1CCCCC1.CC(C)(C)C(O)c1cc(Cl)cc2cn[nH]c12.CC(C)(C)C1CC(O)(c2cc(Cl)cc3cn[nH]c23)C1.CC(C)(CCC#N)C(O)c1cc(Cl)cc2cn[nH]c12.CC1(C(O)c2cc(Cl)cc3cn[nH]c23)CCC1. The van der Waals surface area contributed by atoms with E-state index in [-0.39, 0.29) is 27.3 Å². The zero-order valence-electron chi connectivity index (χ0n) is 66.9. The monoisotopic (exact) mass is 1660 g/mol. The maximum absolute atomic E-state index is 11.0. The van der Waals surface area contributed by atoms with Crippen molar-refractivity contribution in [3.05, 3.63) is 173 Å². The molecular weight excluding hydrogens is 1550 g/mol. The average Bonchev–Trinajstić information content (AvgIpc) is 1.69. The van der Waals surface area contributed by atoms with Crippen molar-refractivity contribution in [3.8, 4) is 6.07 Å². The van der Waals surface area contributed by atoms with Gasteiger partial charge in [-0.1, -0.05) is 151 Å². The highest BCUT2D eigenvalue weighted by Crippen LogP contribution is 2.55. The molecule has 8 heterocycles. The molecule has 5 unspecified atom stereocenters. The van der Waals surface area contributed by atoms with E-state index >= 15 is 0 Å². The lowest BCUT2D eigenvalue weighted by Gasteiger charge is -2.50. The van der Waals surface area contributed by atoms with Crippen molar-refractivity contribution >= 4 is 135 Å². The number of nitriles is 1. The van der Waals surface area contributed by atoms with Crippen LogP contribution in [0.15, 0.2) is 110 Å². The van der Waals surface area contributed by atoms with E-state index in [1.54, 1.807) is 55.4 Å². The first-order chi connectivity index (χ1) is 53.2. The first kappa shape index (κ1) is 86.9. The van der Waals surface area contributed by atoms with E-state index in [1.165, 1.54) is 44.9 Å². The number of aromatic nitrogens is 12. The lowest BCUT2D eigenvalue weighted by molar-refractivity contribution is -0.111. The third-order valence-electron chi connectivity index (χ3n) is 23.9. The van der Waals surface area contributed by atoms with Crippen molar-refractivity contribution in [3.63, 3.8) is 0 Å².